The number of phenolic OH excluding ortho intramolecular Hbond substituents is 1. The number of rotatable bonds is 3. The minimum atomic E-state index is -0.306. The summed E-state index contributed by atoms with van der Waals surface area (Å²) in [4.78, 5) is 2.50. The van der Waals surface area contributed by atoms with Gasteiger partial charge in [0.2, 0.25) is 0 Å². The molecule has 4 heteroatoms. The molecule has 1 aromatic carbocycles. The first kappa shape index (κ1) is 16.2. The van der Waals surface area contributed by atoms with Crippen molar-refractivity contribution in [3.8, 4) is 5.75 Å². The third-order valence-corrected chi connectivity index (χ3v) is 4.39. The van der Waals surface area contributed by atoms with Crippen LogP contribution in [-0.2, 0) is 0 Å². The van der Waals surface area contributed by atoms with Crippen molar-refractivity contribution >= 4 is 0 Å². The van der Waals surface area contributed by atoms with E-state index in [9.17, 15) is 9.50 Å². The summed E-state index contributed by atoms with van der Waals surface area (Å²) in [5.74, 6) is -0.150. The molecule has 1 aliphatic heterocycles. The minimum absolute atomic E-state index is 0.0492. The molecule has 0 spiro atoms. The number of benzene rings is 1. The molecule has 1 heterocycles. The highest BCUT2D eigenvalue weighted by Gasteiger charge is 2.27. The number of hydrogen-bond acceptors (Lipinski definition) is 3. The van der Waals surface area contributed by atoms with Crippen LogP contribution >= 0.6 is 0 Å². The van der Waals surface area contributed by atoms with Crippen LogP contribution in [0.2, 0.25) is 0 Å². The predicted molar refractivity (Wildman–Crippen MR) is 84.0 cm³/mol. The molecular formula is C17H27FN2O. The van der Waals surface area contributed by atoms with E-state index in [4.69, 9.17) is 0 Å². The van der Waals surface area contributed by atoms with Crippen molar-refractivity contribution in [3.63, 3.8) is 0 Å². The second kappa shape index (κ2) is 6.32. The summed E-state index contributed by atoms with van der Waals surface area (Å²) >= 11 is 0. The van der Waals surface area contributed by atoms with Crippen molar-refractivity contribution in [2.45, 2.75) is 58.2 Å². The SMILES string of the molecule is CC(NC1CCN(C(C)(C)C)CC1)c1cc(F)ccc1O. The Morgan fingerprint density at radius 3 is 2.48 bits per heavy atom. The Morgan fingerprint density at radius 2 is 1.90 bits per heavy atom. The largest absolute Gasteiger partial charge is 0.508 e. The molecule has 0 aliphatic carbocycles. The molecule has 118 valence electrons. The van der Waals surface area contributed by atoms with E-state index in [1.165, 1.54) is 18.2 Å². The van der Waals surface area contributed by atoms with Crippen molar-refractivity contribution in [3.05, 3.63) is 29.6 Å². The fourth-order valence-corrected chi connectivity index (χ4v) is 3.03. The molecular weight excluding hydrogens is 267 g/mol. The molecule has 1 aromatic rings. The van der Waals surface area contributed by atoms with Crippen LogP contribution in [0.5, 0.6) is 5.75 Å². The Balaban J connectivity index is 1.93. The first-order valence-electron chi connectivity index (χ1n) is 7.77. The van der Waals surface area contributed by atoms with Crippen LogP contribution in [0.4, 0.5) is 4.39 Å². The van der Waals surface area contributed by atoms with Crippen molar-refractivity contribution in [2.75, 3.05) is 13.1 Å². The van der Waals surface area contributed by atoms with Gasteiger partial charge in [0.05, 0.1) is 0 Å². The summed E-state index contributed by atoms with van der Waals surface area (Å²) in [5.41, 5.74) is 0.852. The van der Waals surface area contributed by atoms with Gasteiger partial charge in [-0.2, -0.15) is 0 Å². The molecule has 21 heavy (non-hydrogen) atoms. The maximum Gasteiger partial charge on any atom is 0.123 e. The normalized spacial score (nSPS) is 19.7. The van der Waals surface area contributed by atoms with Gasteiger partial charge in [-0.3, -0.25) is 4.90 Å². The number of likely N-dealkylation sites (tertiary alicyclic amines) is 1. The second-order valence-corrected chi connectivity index (χ2v) is 7.02. The van der Waals surface area contributed by atoms with Crippen molar-refractivity contribution in [2.24, 2.45) is 0 Å². The standard InChI is InChI=1S/C17H27FN2O/c1-12(15-11-13(18)5-6-16(15)21)19-14-7-9-20(10-8-14)17(2,3)4/h5-6,11-12,14,19,21H,7-10H2,1-4H3. The van der Waals surface area contributed by atoms with Crippen molar-refractivity contribution < 1.29 is 9.50 Å². The molecule has 1 atom stereocenters. The maximum absolute atomic E-state index is 13.3. The molecule has 0 saturated carbocycles. The van der Waals surface area contributed by atoms with E-state index in [1.807, 2.05) is 6.92 Å². The van der Waals surface area contributed by atoms with E-state index >= 15 is 0 Å². The molecule has 2 rings (SSSR count). The zero-order chi connectivity index (χ0) is 15.6. The lowest BCUT2D eigenvalue weighted by molar-refractivity contribution is 0.0941. The zero-order valence-corrected chi connectivity index (χ0v) is 13.5. The lowest BCUT2D eigenvalue weighted by Crippen LogP contribution is -2.50. The van der Waals surface area contributed by atoms with Crippen LogP contribution in [0, 0.1) is 5.82 Å². The summed E-state index contributed by atoms with van der Waals surface area (Å²) in [7, 11) is 0. The van der Waals surface area contributed by atoms with Gasteiger partial charge in [-0.15, -0.1) is 0 Å². The summed E-state index contributed by atoms with van der Waals surface area (Å²) in [6.07, 6.45) is 2.16. The minimum Gasteiger partial charge on any atom is -0.508 e. The number of nitrogens with one attached hydrogen (secondary N) is 1. The van der Waals surface area contributed by atoms with Crippen LogP contribution in [-0.4, -0.2) is 34.7 Å². The first-order chi connectivity index (χ1) is 9.77. The lowest BCUT2D eigenvalue weighted by Gasteiger charge is -2.41. The fourth-order valence-electron chi connectivity index (χ4n) is 3.03. The van der Waals surface area contributed by atoms with Gasteiger partial charge < -0.3 is 10.4 Å². The Morgan fingerprint density at radius 1 is 1.29 bits per heavy atom. The van der Waals surface area contributed by atoms with Crippen LogP contribution in [0.1, 0.15) is 52.1 Å². The number of halogens is 1. The summed E-state index contributed by atoms with van der Waals surface area (Å²) in [6.45, 7) is 10.9. The van der Waals surface area contributed by atoms with Gasteiger partial charge in [-0.05, 0) is 58.7 Å². The van der Waals surface area contributed by atoms with E-state index in [0.29, 0.717) is 11.6 Å². The zero-order valence-electron chi connectivity index (χ0n) is 13.5. The number of piperidine rings is 1. The average Bonchev–Trinajstić information content (AvgIpc) is 2.41. The van der Waals surface area contributed by atoms with Gasteiger partial charge in [0, 0.05) is 36.3 Å². The van der Waals surface area contributed by atoms with Gasteiger partial charge in [0.1, 0.15) is 11.6 Å². The fraction of sp³-hybridized carbons (Fsp3) is 0.647. The highest BCUT2D eigenvalue weighted by atomic mass is 19.1. The number of nitrogens with zero attached hydrogens (tertiary/aromatic N) is 1. The van der Waals surface area contributed by atoms with E-state index in [0.717, 1.165) is 25.9 Å². The van der Waals surface area contributed by atoms with Crippen molar-refractivity contribution in [1.29, 1.82) is 0 Å². The average molecular weight is 294 g/mol. The predicted octanol–water partition coefficient (Wildman–Crippen LogP) is 3.44. The van der Waals surface area contributed by atoms with Gasteiger partial charge in [-0.25, -0.2) is 4.39 Å². The summed E-state index contributed by atoms with van der Waals surface area (Å²) < 4.78 is 13.3. The molecule has 0 aromatic heterocycles. The molecule has 1 saturated heterocycles. The Labute approximate surface area is 127 Å². The van der Waals surface area contributed by atoms with Gasteiger partial charge in [0.25, 0.3) is 0 Å². The Bertz CT molecular complexity index is 476. The monoisotopic (exact) mass is 294 g/mol. The van der Waals surface area contributed by atoms with Gasteiger partial charge in [-0.1, -0.05) is 0 Å². The highest BCUT2D eigenvalue weighted by Crippen LogP contribution is 2.27. The highest BCUT2D eigenvalue weighted by molar-refractivity contribution is 5.34. The van der Waals surface area contributed by atoms with E-state index in [-0.39, 0.29) is 23.1 Å². The van der Waals surface area contributed by atoms with Crippen LogP contribution in [0.3, 0.4) is 0 Å². The van der Waals surface area contributed by atoms with Crippen LogP contribution in [0.15, 0.2) is 18.2 Å². The van der Waals surface area contributed by atoms with E-state index < -0.39 is 0 Å². The first-order valence-corrected chi connectivity index (χ1v) is 7.77. The molecule has 1 unspecified atom stereocenters. The smallest absolute Gasteiger partial charge is 0.123 e. The topological polar surface area (TPSA) is 35.5 Å². The molecule has 0 amide bonds. The molecule has 0 bridgehead atoms. The number of aromatic hydroxyl groups is 1. The Hall–Kier alpha value is -1.13. The van der Waals surface area contributed by atoms with Gasteiger partial charge >= 0.3 is 0 Å². The summed E-state index contributed by atoms with van der Waals surface area (Å²) in [5, 5.41) is 13.4. The maximum atomic E-state index is 13.3. The van der Waals surface area contributed by atoms with E-state index in [1.54, 1.807) is 0 Å². The third kappa shape index (κ3) is 4.17. The lowest BCUT2D eigenvalue weighted by atomic mass is 9.96. The summed E-state index contributed by atoms with van der Waals surface area (Å²) in [6, 6.07) is 4.49. The number of hydrogen-bond donors (Lipinski definition) is 2. The van der Waals surface area contributed by atoms with E-state index in [2.05, 4.69) is 31.0 Å². The third-order valence-electron chi connectivity index (χ3n) is 4.39. The molecule has 1 fully saturated rings. The molecule has 2 N–H and O–H groups in total. The second-order valence-electron chi connectivity index (χ2n) is 7.02. The quantitative estimate of drug-likeness (QED) is 0.896. The van der Waals surface area contributed by atoms with Crippen LogP contribution < -0.4 is 5.32 Å². The number of phenols is 1. The Kier molecular flexibility index (Phi) is 4.89. The van der Waals surface area contributed by atoms with Crippen molar-refractivity contribution in [1.82, 2.24) is 10.2 Å². The molecule has 1 aliphatic rings. The van der Waals surface area contributed by atoms with Gasteiger partial charge in [0.15, 0.2) is 0 Å². The molecule has 3 nitrogen and oxygen atoms in total. The van der Waals surface area contributed by atoms with Crippen LogP contribution in [0.25, 0.3) is 0 Å². The molecule has 0 radical (unpaired) electrons.